The Labute approximate surface area is 121 Å². The van der Waals surface area contributed by atoms with Crippen molar-refractivity contribution in [2.24, 2.45) is 0 Å². The normalized spacial score (nSPS) is 21.6. The Kier molecular flexibility index (Phi) is 4.66. The molecule has 122 valence electrons. The number of alkyl halides is 3. The molecule has 8 nitrogen and oxygen atoms in total. The summed E-state index contributed by atoms with van der Waals surface area (Å²) in [6.45, 7) is -0.548. The minimum atomic E-state index is -5.05. The summed E-state index contributed by atoms with van der Waals surface area (Å²) < 4.78 is 46.6. The Hall–Kier alpha value is -2.14. The number of nitrogens with zero attached hydrogens (tertiary/aromatic N) is 2. The van der Waals surface area contributed by atoms with Crippen molar-refractivity contribution in [2.75, 3.05) is 12.1 Å². The fraction of sp³-hybridized carbons (Fsp3) is 0.545. The molecule has 0 bridgehead atoms. The molecule has 0 aromatic carbocycles. The summed E-state index contributed by atoms with van der Waals surface area (Å²) >= 11 is 0. The number of carbonyl (C=O) groups excluding carboxylic acids is 1. The first-order chi connectivity index (χ1) is 10.3. The van der Waals surface area contributed by atoms with Crippen LogP contribution in [-0.2, 0) is 14.3 Å². The van der Waals surface area contributed by atoms with Crippen LogP contribution in [0, 0.1) is 0 Å². The van der Waals surface area contributed by atoms with Crippen LogP contribution in [0.4, 0.5) is 19.0 Å². The lowest BCUT2D eigenvalue weighted by Crippen LogP contribution is -2.30. The first kappa shape index (κ1) is 16.2. The number of esters is 1. The molecule has 1 aliphatic heterocycles. The van der Waals surface area contributed by atoms with Crippen LogP contribution in [0.15, 0.2) is 17.1 Å². The van der Waals surface area contributed by atoms with Crippen molar-refractivity contribution in [1.29, 1.82) is 0 Å². The van der Waals surface area contributed by atoms with E-state index >= 15 is 0 Å². The van der Waals surface area contributed by atoms with Crippen molar-refractivity contribution in [3.63, 3.8) is 0 Å². The molecule has 1 saturated heterocycles. The zero-order chi connectivity index (χ0) is 16.3. The molecule has 1 aromatic rings. The molecule has 0 amide bonds. The van der Waals surface area contributed by atoms with Crippen molar-refractivity contribution >= 4 is 11.8 Å². The van der Waals surface area contributed by atoms with Gasteiger partial charge in [0.2, 0.25) is 0 Å². The van der Waals surface area contributed by atoms with Crippen molar-refractivity contribution in [1.82, 2.24) is 9.55 Å². The highest BCUT2D eigenvalue weighted by molar-refractivity contribution is 5.75. The molecule has 0 spiro atoms. The summed E-state index contributed by atoms with van der Waals surface area (Å²) in [4.78, 5) is 25.8. The number of hydrogen-bond acceptors (Lipinski definition) is 7. The van der Waals surface area contributed by atoms with Crippen molar-refractivity contribution in [3.05, 3.63) is 22.7 Å². The standard InChI is InChI=1S/C11H12F3N3O5/c12-11(13,14)9(18)21-5-6-1-2-8(22-6)17-4-3-7(16-20)15-10(17)19/h3-4,6,8,20H,1-2,5H2,(H,15,16,19). The van der Waals surface area contributed by atoms with Gasteiger partial charge in [-0.05, 0) is 18.9 Å². The molecule has 2 heterocycles. The van der Waals surface area contributed by atoms with E-state index in [1.807, 2.05) is 0 Å². The highest BCUT2D eigenvalue weighted by atomic mass is 19.4. The topological polar surface area (TPSA) is 103 Å². The predicted octanol–water partition coefficient (Wildman–Crippen LogP) is 0.827. The summed E-state index contributed by atoms with van der Waals surface area (Å²) in [6.07, 6.45) is -4.51. The molecule has 0 aliphatic carbocycles. The zero-order valence-corrected chi connectivity index (χ0v) is 11.0. The smallest absolute Gasteiger partial charge is 0.456 e. The average molecular weight is 323 g/mol. The lowest BCUT2D eigenvalue weighted by Gasteiger charge is -2.16. The van der Waals surface area contributed by atoms with Gasteiger partial charge < -0.3 is 9.47 Å². The lowest BCUT2D eigenvalue weighted by molar-refractivity contribution is -0.202. The van der Waals surface area contributed by atoms with Crippen LogP contribution < -0.4 is 11.2 Å². The maximum Gasteiger partial charge on any atom is 0.490 e. The van der Waals surface area contributed by atoms with E-state index in [-0.39, 0.29) is 5.82 Å². The van der Waals surface area contributed by atoms with Gasteiger partial charge in [0, 0.05) is 6.20 Å². The second kappa shape index (κ2) is 6.32. The van der Waals surface area contributed by atoms with Gasteiger partial charge in [0.25, 0.3) is 0 Å². The molecule has 2 unspecified atom stereocenters. The number of aromatic nitrogens is 2. The van der Waals surface area contributed by atoms with E-state index in [2.05, 4.69) is 9.72 Å². The van der Waals surface area contributed by atoms with E-state index in [0.29, 0.717) is 12.8 Å². The number of nitrogens with one attached hydrogen (secondary N) is 1. The number of anilines is 1. The third-order valence-electron chi connectivity index (χ3n) is 2.97. The van der Waals surface area contributed by atoms with Crippen LogP contribution >= 0.6 is 0 Å². The Morgan fingerprint density at radius 1 is 1.55 bits per heavy atom. The number of carbonyl (C=O) groups is 1. The molecule has 2 atom stereocenters. The van der Waals surface area contributed by atoms with Gasteiger partial charge in [-0.15, -0.1) is 0 Å². The first-order valence-corrected chi connectivity index (χ1v) is 6.20. The number of hydrogen-bond donors (Lipinski definition) is 2. The third kappa shape index (κ3) is 3.74. The summed E-state index contributed by atoms with van der Waals surface area (Å²) in [7, 11) is 0. The average Bonchev–Trinajstić information content (AvgIpc) is 2.92. The van der Waals surface area contributed by atoms with Crippen molar-refractivity contribution < 1.29 is 32.6 Å². The van der Waals surface area contributed by atoms with E-state index in [0.717, 1.165) is 4.57 Å². The van der Waals surface area contributed by atoms with Gasteiger partial charge in [-0.1, -0.05) is 0 Å². The fourth-order valence-corrected chi connectivity index (χ4v) is 1.96. The largest absolute Gasteiger partial charge is 0.490 e. The Morgan fingerprint density at radius 2 is 2.27 bits per heavy atom. The Morgan fingerprint density at radius 3 is 2.86 bits per heavy atom. The monoisotopic (exact) mass is 323 g/mol. The van der Waals surface area contributed by atoms with Crippen LogP contribution in [0.1, 0.15) is 19.1 Å². The molecule has 1 aromatic heterocycles. The molecule has 2 rings (SSSR count). The van der Waals surface area contributed by atoms with Gasteiger partial charge in [0.15, 0.2) is 5.82 Å². The van der Waals surface area contributed by atoms with Crippen molar-refractivity contribution in [2.45, 2.75) is 31.3 Å². The SMILES string of the molecule is O=C(OCC1CCC(n2ccc(NO)nc2=O)O1)C(F)(F)F. The Balaban J connectivity index is 1.93. The summed E-state index contributed by atoms with van der Waals surface area (Å²) in [5.74, 6) is -2.33. The van der Waals surface area contributed by atoms with E-state index in [1.165, 1.54) is 12.3 Å². The molecule has 2 N–H and O–H groups in total. The molecular formula is C11H12F3N3O5. The maximum atomic E-state index is 12.0. The van der Waals surface area contributed by atoms with Crippen molar-refractivity contribution in [3.8, 4) is 0 Å². The summed E-state index contributed by atoms with van der Waals surface area (Å²) in [5, 5.41) is 8.62. The van der Waals surface area contributed by atoms with E-state index in [1.54, 1.807) is 5.48 Å². The molecule has 0 radical (unpaired) electrons. The van der Waals surface area contributed by atoms with Gasteiger partial charge in [-0.3, -0.25) is 15.3 Å². The van der Waals surface area contributed by atoms with Gasteiger partial charge in [0.05, 0.1) is 6.10 Å². The van der Waals surface area contributed by atoms with E-state index in [9.17, 15) is 22.8 Å². The lowest BCUT2D eigenvalue weighted by atomic mass is 10.2. The van der Waals surface area contributed by atoms with Crippen LogP contribution in [0.2, 0.25) is 0 Å². The van der Waals surface area contributed by atoms with Crippen LogP contribution in [0.5, 0.6) is 0 Å². The van der Waals surface area contributed by atoms with Crippen LogP contribution in [-0.4, -0.2) is 39.6 Å². The minimum Gasteiger partial charge on any atom is -0.456 e. The number of ether oxygens (including phenoxy) is 2. The van der Waals surface area contributed by atoms with Gasteiger partial charge >= 0.3 is 17.8 Å². The predicted molar refractivity (Wildman–Crippen MR) is 64.1 cm³/mol. The van der Waals surface area contributed by atoms with E-state index in [4.69, 9.17) is 9.94 Å². The number of rotatable bonds is 4. The maximum absolute atomic E-state index is 12.0. The minimum absolute atomic E-state index is 0.0464. The summed E-state index contributed by atoms with van der Waals surface area (Å²) in [6, 6.07) is 1.32. The van der Waals surface area contributed by atoms with Gasteiger partial charge in [0.1, 0.15) is 12.8 Å². The quantitative estimate of drug-likeness (QED) is 0.625. The molecular weight excluding hydrogens is 311 g/mol. The van der Waals surface area contributed by atoms with Gasteiger partial charge in [-0.25, -0.2) is 9.59 Å². The highest BCUT2D eigenvalue weighted by Crippen LogP contribution is 2.28. The molecule has 0 saturated carbocycles. The van der Waals surface area contributed by atoms with Gasteiger partial charge in [-0.2, -0.15) is 18.2 Å². The number of halogens is 3. The highest BCUT2D eigenvalue weighted by Gasteiger charge is 2.41. The van der Waals surface area contributed by atoms with E-state index < -0.39 is 36.8 Å². The second-order valence-corrected chi connectivity index (χ2v) is 4.50. The fourth-order valence-electron chi connectivity index (χ4n) is 1.96. The van der Waals surface area contributed by atoms with Crippen LogP contribution in [0.3, 0.4) is 0 Å². The second-order valence-electron chi connectivity index (χ2n) is 4.50. The van der Waals surface area contributed by atoms with Crippen LogP contribution in [0.25, 0.3) is 0 Å². The molecule has 1 aliphatic rings. The first-order valence-electron chi connectivity index (χ1n) is 6.20. The zero-order valence-electron chi connectivity index (χ0n) is 11.0. The molecule has 1 fully saturated rings. The molecule has 22 heavy (non-hydrogen) atoms. The summed E-state index contributed by atoms with van der Waals surface area (Å²) in [5.41, 5.74) is 1.01. The Bertz CT molecular complexity index is 603. The third-order valence-corrected chi connectivity index (χ3v) is 2.97. The molecule has 11 heteroatoms.